The topological polar surface area (TPSA) is 77.4 Å². The lowest BCUT2D eigenvalue weighted by molar-refractivity contribution is 0.162. The second-order valence-electron chi connectivity index (χ2n) is 1.67. The van der Waals surface area contributed by atoms with Crippen molar-refractivity contribution < 1.29 is 18.1 Å². The Morgan fingerprint density at radius 1 is 1.40 bits per heavy atom. The molecule has 0 unspecified atom stereocenters. The highest BCUT2D eigenvalue weighted by Crippen LogP contribution is 2.17. The van der Waals surface area contributed by atoms with Gasteiger partial charge < -0.3 is 9.66 Å². The van der Waals surface area contributed by atoms with Gasteiger partial charge in [0, 0.05) is 10.7 Å². The molecule has 0 bridgehead atoms. The molecule has 7 heteroatoms. The quantitative estimate of drug-likeness (QED) is 0.588. The molecule has 0 saturated carbocycles. The molecule has 1 N–H and O–H groups in total. The van der Waals surface area contributed by atoms with E-state index >= 15 is 0 Å². The summed E-state index contributed by atoms with van der Waals surface area (Å²) < 4.78 is 30.7. The van der Waals surface area contributed by atoms with Crippen molar-refractivity contribution in [3.8, 4) is 0 Å². The zero-order valence-electron chi connectivity index (χ0n) is 4.75. The van der Waals surface area contributed by atoms with Gasteiger partial charge in [0.05, 0.1) is 0 Å². The first-order chi connectivity index (χ1) is 4.37. The van der Waals surface area contributed by atoms with Crippen LogP contribution in [-0.2, 0) is 10.1 Å². The molecule has 0 aliphatic rings. The fourth-order valence-electron chi connectivity index (χ4n) is 0.169. The zero-order valence-corrected chi connectivity index (χ0v) is 8.74. The molecule has 0 aliphatic carbocycles. The lowest BCUT2D eigenvalue weighted by Gasteiger charge is -2.26. The van der Waals surface area contributed by atoms with Gasteiger partial charge in [0.25, 0.3) is 0 Å². The Morgan fingerprint density at radius 2 is 1.70 bits per heavy atom. The molecule has 10 heavy (non-hydrogen) atoms. The van der Waals surface area contributed by atoms with Crippen molar-refractivity contribution in [2.75, 3.05) is 10.7 Å². The van der Waals surface area contributed by atoms with E-state index in [1.54, 1.807) is 0 Å². The molecule has 0 aromatic carbocycles. The first kappa shape index (κ1) is 10.8. The normalized spacial score (nSPS) is 13.6. The number of rotatable bonds is 3. The summed E-state index contributed by atoms with van der Waals surface area (Å²) in [5, 5.41) is 8.38. The maximum Gasteiger partial charge on any atom is 0.173 e. The molecule has 0 aromatic rings. The van der Waals surface area contributed by atoms with Crippen LogP contribution in [0.4, 0.5) is 0 Å². The van der Waals surface area contributed by atoms with Gasteiger partial charge in [-0.15, -0.1) is 0 Å². The van der Waals surface area contributed by atoms with Crippen molar-refractivity contribution in [1.82, 2.24) is 0 Å². The van der Waals surface area contributed by atoms with Crippen LogP contribution in [0.15, 0.2) is 0 Å². The van der Waals surface area contributed by atoms with Crippen molar-refractivity contribution in [3.05, 3.63) is 0 Å². The molecule has 0 heterocycles. The van der Waals surface area contributed by atoms with Crippen LogP contribution >= 0.6 is 31.9 Å². The van der Waals surface area contributed by atoms with E-state index in [0.717, 1.165) is 0 Å². The Bertz CT molecular complexity index is 195. The van der Waals surface area contributed by atoms with Crippen molar-refractivity contribution in [2.24, 2.45) is 0 Å². The average Bonchev–Trinajstić information content (AvgIpc) is 1.84. The lowest BCUT2D eigenvalue weighted by Crippen LogP contribution is -2.41. The molecule has 4 nitrogen and oxygen atoms in total. The largest absolute Gasteiger partial charge is 0.746 e. The van der Waals surface area contributed by atoms with Gasteiger partial charge in [-0.25, -0.2) is 8.42 Å². The van der Waals surface area contributed by atoms with Crippen LogP contribution in [-0.4, -0.2) is 33.7 Å². The van der Waals surface area contributed by atoms with Crippen LogP contribution < -0.4 is 0 Å². The smallest absolute Gasteiger partial charge is 0.173 e. The first-order valence-electron chi connectivity index (χ1n) is 2.17. The van der Waals surface area contributed by atoms with E-state index < -0.39 is 15.1 Å². The minimum absolute atomic E-state index is 0.295. The molecule has 0 fully saturated rings. The van der Waals surface area contributed by atoms with Crippen LogP contribution in [0.25, 0.3) is 0 Å². The summed E-state index contributed by atoms with van der Waals surface area (Å²) in [4.78, 5) is -2.23. The SMILES string of the molecule is O=S(=O)([O-])C(O)(CBr)CBr. The van der Waals surface area contributed by atoms with E-state index in [1.165, 1.54) is 0 Å². The summed E-state index contributed by atoms with van der Waals surface area (Å²) >= 11 is 5.42. The highest BCUT2D eigenvalue weighted by atomic mass is 79.9. The maximum absolute atomic E-state index is 10.2. The Morgan fingerprint density at radius 3 is 1.70 bits per heavy atom. The number of hydrogen-bond acceptors (Lipinski definition) is 4. The average molecular weight is 297 g/mol. The highest BCUT2D eigenvalue weighted by molar-refractivity contribution is 9.10. The Labute approximate surface area is 75.6 Å². The lowest BCUT2D eigenvalue weighted by atomic mass is 10.5. The van der Waals surface area contributed by atoms with Crippen LogP contribution in [0.1, 0.15) is 0 Å². The predicted octanol–water partition coefficient (Wildman–Crippen LogP) is 0.0100. The van der Waals surface area contributed by atoms with Crippen molar-refractivity contribution in [3.63, 3.8) is 0 Å². The fraction of sp³-hybridized carbons (Fsp3) is 1.00. The van der Waals surface area contributed by atoms with Crippen LogP contribution in [0.3, 0.4) is 0 Å². The molecule has 0 spiro atoms. The van der Waals surface area contributed by atoms with Gasteiger partial charge in [0.1, 0.15) is 10.1 Å². The first-order valence-corrected chi connectivity index (χ1v) is 5.82. The predicted molar refractivity (Wildman–Crippen MR) is 42.2 cm³/mol. The third kappa shape index (κ3) is 2.16. The summed E-state index contributed by atoms with van der Waals surface area (Å²) in [7, 11) is -4.65. The van der Waals surface area contributed by atoms with E-state index in [0.29, 0.717) is 0 Å². The third-order valence-electron chi connectivity index (χ3n) is 0.883. The van der Waals surface area contributed by atoms with Gasteiger partial charge in [0.15, 0.2) is 4.93 Å². The molecule has 0 amide bonds. The van der Waals surface area contributed by atoms with Gasteiger partial charge in [-0.3, -0.25) is 0 Å². The van der Waals surface area contributed by atoms with Crippen LogP contribution in [0.2, 0.25) is 0 Å². The molecule has 0 atom stereocenters. The van der Waals surface area contributed by atoms with E-state index in [-0.39, 0.29) is 10.7 Å². The van der Waals surface area contributed by atoms with E-state index in [2.05, 4.69) is 31.9 Å². The molecule has 0 rings (SSSR count). The number of hydrogen-bond donors (Lipinski definition) is 1. The van der Waals surface area contributed by atoms with Crippen LogP contribution in [0.5, 0.6) is 0 Å². The zero-order chi connectivity index (χ0) is 8.41. The molecule has 62 valence electrons. The fourth-order valence-corrected chi connectivity index (χ4v) is 3.05. The van der Waals surface area contributed by atoms with Gasteiger partial charge in [0.2, 0.25) is 0 Å². The molecule has 0 aromatic heterocycles. The highest BCUT2D eigenvalue weighted by Gasteiger charge is 2.31. The molecule has 0 saturated heterocycles. The minimum atomic E-state index is -4.65. The Balaban J connectivity index is 4.68. The maximum atomic E-state index is 10.2. The second kappa shape index (κ2) is 3.48. The summed E-state index contributed by atoms with van der Waals surface area (Å²) in [5.41, 5.74) is 0. The van der Waals surface area contributed by atoms with Crippen LogP contribution in [0, 0.1) is 0 Å². The third-order valence-corrected chi connectivity index (χ3v) is 4.70. The summed E-state index contributed by atoms with van der Waals surface area (Å²) in [6, 6.07) is 0. The van der Waals surface area contributed by atoms with Gasteiger partial charge in [-0.2, -0.15) is 0 Å². The standard InChI is InChI=1S/C3H6Br2O4S/c4-1-3(6,2-5)10(7,8)9/h6H,1-2H2,(H,7,8,9)/p-1. The van der Waals surface area contributed by atoms with Crippen molar-refractivity contribution in [1.29, 1.82) is 0 Å². The number of halogens is 2. The molecule has 0 radical (unpaired) electrons. The number of aliphatic hydroxyl groups is 1. The van der Waals surface area contributed by atoms with Crippen molar-refractivity contribution in [2.45, 2.75) is 4.93 Å². The molecular weight excluding hydrogens is 292 g/mol. The van der Waals surface area contributed by atoms with Gasteiger partial charge in [-0.1, -0.05) is 31.9 Å². The summed E-state index contributed by atoms with van der Waals surface area (Å²) in [6.07, 6.45) is 0. The Kier molecular flexibility index (Phi) is 3.77. The van der Waals surface area contributed by atoms with Gasteiger partial charge >= 0.3 is 0 Å². The van der Waals surface area contributed by atoms with E-state index in [4.69, 9.17) is 5.11 Å². The second-order valence-corrected chi connectivity index (χ2v) is 4.46. The van der Waals surface area contributed by atoms with E-state index in [9.17, 15) is 13.0 Å². The molecule has 0 aliphatic heterocycles. The monoisotopic (exact) mass is 295 g/mol. The molecular formula is C3H5Br2O4S-. The Hall–Kier alpha value is 0.830. The number of alkyl halides is 2. The summed E-state index contributed by atoms with van der Waals surface area (Å²) in [5.74, 6) is 0. The minimum Gasteiger partial charge on any atom is -0.746 e. The van der Waals surface area contributed by atoms with E-state index in [1.807, 2.05) is 0 Å². The van der Waals surface area contributed by atoms with Crippen molar-refractivity contribution >= 4 is 42.0 Å². The summed E-state index contributed by atoms with van der Waals surface area (Å²) in [6.45, 7) is 0. The van der Waals surface area contributed by atoms with Gasteiger partial charge in [-0.05, 0) is 0 Å².